The molecule has 2 saturated carbocycles. The number of benzene rings is 1. The Morgan fingerprint density at radius 3 is 1.85 bits per heavy atom. The molecule has 0 spiro atoms. The Balaban J connectivity index is 0.000000252. The molecule has 1 aromatic heterocycles. The Labute approximate surface area is 187 Å². The van der Waals surface area contributed by atoms with E-state index in [0.717, 1.165) is 22.6 Å². The first-order valence-corrected chi connectivity index (χ1v) is 11.2. The molecule has 0 amide bonds. The van der Waals surface area contributed by atoms with Crippen LogP contribution in [-0.4, -0.2) is 16.3 Å². The SMILES string of the molecule is C1CCC(PC2CCCCC2)CC1.[Cl-].[Pd+2].[c-]1ccccc1-c1ccccn1. The quantitative estimate of drug-likeness (QED) is 0.359. The van der Waals surface area contributed by atoms with E-state index in [-0.39, 0.29) is 32.8 Å². The van der Waals surface area contributed by atoms with E-state index in [1.54, 1.807) is 31.9 Å². The summed E-state index contributed by atoms with van der Waals surface area (Å²) in [7, 11) is 1.33. The second-order valence-electron chi connectivity index (χ2n) is 7.33. The van der Waals surface area contributed by atoms with E-state index >= 15 is 0 Å². The Bertz CT molecular complexity index is 530. The molecule has 0 aliphatic heterocycles. The van der Waals surface area contributed by atoms with Crippen molar-refractivity contribution in [3.05, 3.63) is 54.7 Å². The number of pyridine rings is 1. The first-order chi connectivity index (χ1) is 12.4. The Kier molecular flexibility index (Phi) is 13.5. The summed E-state index contributed by atoms with van der Waals surface area (Å²) < 4.78 is 0. The molecule has 1 aromatic carbocycles. The van der Waals surface area contributed by atoms with E-state index in [1.807, 2.05) is 42.5 Å². The Hall–Kier alpha value is -0.248. The molecule has 1 nitrogen and oxygen atoms in total. The van der Waals surface area contributed by atoms with Gasteiger partial charge in [-0.3, -0.25) is 0 Å². The van der Waals surface area contributed by atoms with Gasteiger partial charge in [0.1, 0.15) is 0 Å². The third-order valence-electron chi connectivity index (χ3n) is 5.33. The zero-order valence-electron chi connectivity index (χ0n) is 16.0. The number of nitrogens with zero attached hydrogens (tertiary/aromatic N) is 1. The average Bonchev–Trinajstić information content (AvgIpc) is 2.71. The van der Waals surface area contributed by atoms with E-state index < -0.39 is 0 Å². The fraction of sp³-hybridized carbons (Fsp3) is 0.522. The van der Waals surface area contributed by atoms with Gasteiger partial charge in [0.15, 0.2) is 0 Å². The summed E-state index contributed by atoms with van der Waals surface area (Å²) in [4.78, 5) is 4.22. The van der Waals surface area contributed by atoms with Crippen LogP contribution in [0.25, 0.3) is 11.3 Å². The maximum atomic E-state index is 4.22. The molecule has 2 aliphatic rings. The van der Waals surface area contributed by atoms with Gasteiger partial charge in [-0.15, -0.1) is 44.5 Å². The van der Waals surface area contributed by atoms with Crippen molar-refractivity contribution in [1.82, 2.24) is 4.98 Å². The molecule has 0 bridgehead atoms. The van der Waals surface area contributed by atoms with Crippen LogP contribution in [-0.2, 0) is 20.4 Å². The molecule has 0 saturated heterocycles. The standard InChI is InChI=1S/C12H23P.C11H8N.ClH.Pd/c1-3-7-11(8-4-1)13-12-9-5-2-6-10-12;1-2-6-10(7-3-1)11-8-4-5-9-12-11;;/h11-13H,1-10H2;1-6,8-9H;1H;/q;-1;;+2/p-1. The van der Waals surface area contributed by atoms with Gasteiger partial charge < -0.3 is 17.4 Å². The van der Waals surface area contributed by atoms with Crippen molar-refractivity contribution in [2.45, 2.75) is 75.5 Å². The molecule has 27 heavy (non-hydrogen) atoms. The molecule has 1 heterocycles. The Morgan fingerprint density at radius 2 is 1.37 bits per heavy atom. The summed E-state index contributed by atoms with van der Waals surface area (Å²) in [5.74, 6) is 0. The molecule has 0 N–H and O–H groups in total. The van der Waals surface area contributed by atoms with Crippen LogP contribution in [0.4, 0.5) is 0 Å². The minimum Gasteiger partial charge on any atom is -1.00 e. The first kappa shape index (κ1) is 24.8. The van der Waals surface area contributed by atoms with Crippen LogP contribution >= 0.6 is 8.58 Å². The molecule has 0 atom stereocenters. The van der Waals surface area contributed by atoms with Gasteiger partial charge in [0.25, 0.3) is 0 Å². The summed E-state index contributed by atoms with van der Waals surface area (Å²) in [6.45, 7) is 0. The van der Waals surface area contributed by atoms with Crippen LogP contribution in [0.1, 0.15) is 64.2 Å². The summed E-state index contributed by atoms with van der Waals surface area (Å²) in [6, 6.07) is 16.8. The Morgan fingerprint density at radius 1 is 0.778 bits per heavy atom. The normalized spacial score (nSPS) is 17.6. The maximum Gasteiger partial charge on any atom is 2.00 e. The molecule has 0 radical (unpaired) electrons. The summed E-state index contributed by atoms with van der Waals surface area (Å²) in [5, 5.41) is 0. The van der Waals surface area contributed by atoms with Gasteiger partial charge in [0.05, 0.1) is 0 Å². The van der Waals surface area contributed by atoms with Crippen LogP contribution in [0, 0.1) is 6.07 Å². The molecule has 2 aromatic rings. The predicted octanol–water partition coefficient (Wildman–Crippen LogP) is 3.88. The molecule has 0 unspecified atom stereocenters. The van der Waals surface area contributed by atoms with Crippen LogP contribution in [0.15, 0.2) is 48.7 Å². The van der Waals surface area contributed by atoms with Crippen molar-refractivity contribution in [2.24, 2.45) is 0 Å². The van der Waals surface area contributed by atoms with Crippen molar-refractivity contribution in [2.75, 3.05) is 0 Å². The molecule has 2 fully saturated rings. The van der Waals surface area contributed by atoms with Gasteiger partial charge in [-0.2, -0.15) is 0 Å². The minimum atomic E-state index is 0. The van der Waals surface area contributed by atoms with Gasteiger partial charge in [-0.1, -0.05) is 50.7 Å². The van der Waals surface area contributed by atoms with Gasteiger partial charge in [0, 0.05) is 6.20 Å². The number of hydrogen-bond acceptors (Lipinski definition) is 1. The number of halogens is 1. The number of aromatic nitrogens is 1. The van der Waals surface area contributed by atoms with E-state index in [0.29, 0.717) is 0 Å². The van der Waals surface area contributed by atoms with Crippen molar-refractivity contribution < 1.29 is 32.8 Å². The average molecular weight is 494 g/mol. The first-order valence-electron chi connectivity index (χ1n) is 10.1. The van der Waals surface area contributed by atoms with Crippen LogP contribution in [0.3, 0.4) is 0 Å². The summed E-state index contributed by atoms with van der Waals surface area (Å²) in [5.41, 5.74) is 4.31. The third kappa shape index (κ3) is 9.19. The smallest absolute Gasteiger partial charge is 1.00 e. The second kappa shape index (κ2) is 14.7. The van der Waals surface area contributed by atoms with Crippen LogP contribution in [0.2, 0.25) is 0 Å². The van der Waals surface area contributed by atoms with Crippen molar-refractivity contribution in [1.29, 1.82) is 0 Å². The van der Waals surface area contributed by atoms with E-state index in [9.17, 15) is 0 Å². The molecular formula is C23H31ClNPPd. The molecule has 2 aliphatic carbocycles. The minimum absolute atomic E-state index is 0. The van der Waals surface area contributed by atoms with Gasteiger partial charge in [-0.25, -0.2) is 0 Å². The molecule has 4 rings (SSSR count). The van der Waals surface area contributed by atoms with Gasteiger partial charge in [-0.05, 0) is 48.8 Å². The van der Waals surface area contributed by atoms with Crippen molar-refractivity contribution >= 4 is 8.58 Å². The molecule has 4 heteroatoms. The number of rotatable bonds is 3. The molecular weight excluding hydrogens is 463 g/mol. The maximum absolute atomic E-state index is 4.22. The summed E-state index contributed by atoms with van der Waals surface area (Å²) in [6.07, 6.45) is 17.2. The largest absolute Gasteiger partial charge is 2.00 e. The third-order valence-corrected chi connectivity index (χ3v) is 7.43. The van der Waals surface area contributed by atoms with Gasteiger partial charge >= 0.3 is 20.4 Å². The predicted molar refractivity (Wildman–Crippen MR) is 111 cm³/mol. The van der Waals surface area contributed by atoms with Crippen molar-refractivity contribution in [3.63, 3.8) is 0 Å². The molecule has 150 valence electrons. The zero-order chi connectivity index (χ0) is 17.2. The monoisotopic (exact) mass is 493 g/mol. The summed E-state index contributed by atoms with van der Waals surface area (Å²) >= 11 is 0. The van der Waals surface area contributed by atoms with Crippen molar-refractivity contribution in [3.8, 4) is 11.3 Å². The van der Waals surface area contributed by atoms with Crippen LogP contribution in [0.5, 0.6) is 0 Å². The van der Waals surface area contributed by atoms with E-state index in [2.05, 4.69) is 11.1 Å². The van der Waals surface area contributed by atoms with Gasteiger partial charge in [0.2, 0.25) is 0 Å². The fourth-order valence-corrected chi connectivity index (χ4v) is 6.10. The van der Waals surface area contributed by atoms with E-state index in [4.69, 9.17) is 0 Å². The second-order valence-corrected chi connectivity index (χ2v) is 9.29. The number of hydrogen-bond donors (Lipinski definition) is 0. The topological polar surface area (TPSA) is 12.9 Å². The van der Waals surface area contributed by atoms with Crippen LogP contribution < -0.4 is 12.4 Å². The fourth-order valence-electron chi connectivity index (χ4n) is 3.95. The zero-order valence-corrected chi connectivity index (χ0v) is 19.3. The van der Waals surface area contributed by atoms with E-state index in [1.165, 1.54) is 47.1 Å².